The summed E-state index contributed by atoms with van der Waals surface area (Å²) in [5.74, 6) is 0.890. The molecule has 0 radical (unpaired) electrons. The molecule has 0 atom stereocenters. The second-order valence-electron chi connectivity index (χ2n) is 7.01. The number of hydrogen-bond acceptors (Lipinski definition) is 6. The van der Waals surface area contributed by atoms with Gasteiger partial charge in [-0.2, -0.15) is 0 Å². The SMILES string of the molecule is CCCCCCCCOS(=O)(=O)[O-].CCCCCOC(=O)C[n+]1ccn(C)c1C. The minimum atomic E-state index is -4.47. The van der Waals surface area contributed by atoms with Crippen LogP contribution < -0.4 is 4.57 Å². The quantitative estimate of drug-likeness (QED) is 0.146. The predicted octanol–water partition coefficient (Wildman–Crippen LogP) is 3.18. The van der Waals surface area contributed by atoms with Crippen LogP contribution in [0, 0.1) is 6.92 Å². The van der Waals surface area contributed by atoms with Crippen molar-refractivity contribution in [3.8, 4) is 0 Å². The molecule has 9 heteroatoms. The monoisotopic (exact) mass is 434 g/mol. The van der Waals surface area contributed by atoms with Crippen LogP contribution in [-0.2, 0) is 37.7 Å². The molecule has 0 aliphatic heterocycles. The Labute approximate surface area is 176 Å². The van der Waals surface area contributed by atoms with Crippen LogP contribution in [0.3, 0.4) is 0 Å². The van der Waals surface area contributed by atoms with Crippen LogP contribution in [0.25, 0.3) is 0 Å². The number of aryl methyl sites for hydroxylation is 1. The number of carbonyl (C=O) groups is 1. The van der Waals surface area contributed by atoms with Gasteiger partial charge in [-0.15, -0.1) is 0 Å². The zero-order valence-electron chi connectivity index (χ0n) is 18.4. The molecule has 0 amide bonds. The van der Waals surface area contributed by atoms with E-state index in [4.69, 9.17) is 4.74 Å². The molecule has 0 bridgehead atoms. The van der Waals surface area contributed by atoms with Gasteiger partial charge in [0.2, 0.25) is 10.4 Å². The highest BCUT2D eigenvalue weighted by molar-refractivity contribution is 7.80. The summed E-state index contributed by atoms with van der Waals surface area (Å²) >= 11 is 0. The number of aromatic nitrogens is 2. The Morgan fingerprint density at radius 3 is 2.14 bits per heavy atom. The Morgan fingerprint density at radius 2 is 1.59 bits per heavy atom. The summed E-state index contributed by atoms with van der Waals surface area (Å²) in [4.78, 5) is 11.5. The lowest BCUT2D eigenvalue weighted by molar-refractivity contribution is -0.691. The van der Waals surface area contributed by atoms with E-state index in [0.717, 1.165) is 37.9 Å². The molecule has 170 valence electrons. The van der Waals surface area contributed by atoms with Gasteiger partial charge in [0.25, 0.3) is 5.82 Å². The number of hydrogen-bond donors (Lipinski definition) is 0. The lowest BCUT2D eigenvalue weighted by Crippen LogP contribution is -2.40. The van der Waals surface area contributed by atoms with Crippen molar-refractivity contribution >= 4 is 16.4 Å². The zero-order chi connectivity index (χ0) is 22.1. The molecule has 0 fully saturated rings. The maximum absolute atomic E-state index is 11.5. The van der Waals surface area contributed by atoms with Crippen molar-refractivity contribution in [3.05, 3.63) is 18.2 Å². The normalized spacial score (nSPS) is 11.1. The fourth-order valence-corrected chi connectivity index (χ4v) is 2.85. The zero-order valence-corrected chi connectivity index (χ0v) is 19.2. The topological polar surface area (TPSA) is 102 Å². The highest BCUT2D eigenvalue weighted by atomic mass is 32.3. The third-order valence-corrected chi connectivity index (χ3v) is 4.89. The molecule has 1 rings (SSSR count). The number of carbonyl (C=O) groups excluding carboxylic acids is 1. The van der Waals surface area contributed by atoms with Gasteiger partial charge in [-0.1, -0.05) is 58.8 Å². The molecule has 0 N–H and O–H groups in total. The lowest BCUT2D eigenvalue weighted by atomic mass is 10.1. The first-order chi connectivity index (χ1) is 13.7. The molecule has 0 saturated carbocycles. The number of nitrogens with zero attached hydrogens (tertiary/aromatic N) is 2. The summed E-state index contributed by atoms with van der Waals surface area (Å²) in [5, 5.41) is 0. The Hall–Kier alpha value is -1.45. The van der Waals surface area contributed by atoms with E-state index in [1.807, 2.05) is 35.5 Å². The minimum Gasteiger partial charge on any atom is -0.726 e. The average molecular weight is 435 g/mol. The van der Waals surface area contributed by atoms with Crippen LogP contribution in [-0.4, -0.2) is 36.7 Å². The summed E-state index contributed by atoms with van der Waals surface area (Å²) in [7, 11) is -2.51. The number of imidazole rings is 1. The van der Waals surface area contributed by atoms with E-state index in [1.165, 1.54) is 19.3 Å². The van der Waals surface area contributed by atoms with E-state index in [0.29, 0.717) is 19.6 Å². The Morgan fingerprint density at radius 1 is 1.03 bits per heavy atom. The van der Waals surface area contributed by atoms with E-state index in [9.17, 15) is 17.8 Å². The number of rotatable bonds is 14. The predicted molar refractivity (Wildman–Crippen MR) is 110 cm³/mol. The number of ether oxygens (including phenoxy) is 1. The van der Waals surface area contributed by atoms with Gasteiger partial charge in [0.1, 0.15) is 12.4 Å². The van der Waals surface area contributed by atoms with E-state index in [1.54, 1.807) is 0 Å². The fourth-order valence-electron chi connectivity index (χ4n) is 2.53. The van der Waals surface area contributed by atoms with E-state index in [2.05, 4.69) is 18.0 Å². The minimum absolute atomic E-state index is 0.0258. The van der Waals surface area contributed by atoms with Crippen molar-refractivity contribution in [2.45, 2.75) is 85.1 Å². The summed E-state index contributed by atoms with van der Waals surface area (Å²) < 4.78 is 43.0. The molecular formula is C20H38N2O6S. The number of esters is 1. The van der Waals surface area contributed by atoms with Gasteiger partial charge in [0.15, 0.2) is 6.54 Å². The summed E-state index contributed by atoms with van der Waals surface area (Å²) in [6.45, 7) is 7.11. The first kappa shape index (κ1) is 27.5. The van der Waals surface area contributed by atoms with Crippen LogP contribution in [0.4, 0.5) is 0 Å². The molecule has 0 aliphatic rings. The van der Waals surface area contributed by atoms with E-state index in [-0.39, 0.29) is 12.6 Å². The molecule has 0 aromatic carbocycles. The molecule has 0 unspecified atom stereocenters. The van der Waals surface area contributed by atoms with Crippen molar-refractivity contribution in [1.29, 1.82) is 0 Å². The Bertz CT molecular complexity index is 658. The van der Waals surface area contributed by atoms with Crippen LogP contribution in [0.5, 0.6) is 0 Å². The average Bonchev–Trinajstić information content (AvgIpc) is 2.96. The molecule has 0 aliphatic carbocycles. The number of unbranched alkanes of at least 4 members (excludes halogenated alkanes) is 7. The third-order valence-electron chi connectivity index (χ3n) is 4.43. The highest BCUT2D eigenvalue weighted by Crippen LogP contribution is 2.05. The Kier molecular flexibility index (Phi) is 15.5. The van der Waals surface area contributed by atoms with Gasteiger partial charge >= 0.3 is 5.97 Å². The van der Waals surface area contributed by atoms with Crippen molar-refractivity contribution < 1.29 is 31.3 Å². The first-order valence-electron chi connectivity index (χ1n) is 10.5. The maximum Gasteiger partial charge on any atom is 0.348 e. The maximum atomic E-state index is 11.5. The molecule has 1 aromatic heterocycles. The van der Waals surface area contributed by atoms with Gasteiger partial charge in [0, 0.05) is 6.92 Å². The summed E-state index contributed by atoms with van der Waals surface area (Å²) in [6, 6.07) is 0. The molecule has 1 heterocycles. The summed E-state index contributed by atoms with van der Waals surface area (Å²) in [5.41, 5.74) is 0. The van der Waals surface area contributed by atoms with Crippen LogP contribution >= 0.6 is 0 Å². The van der Waals surface area contributed by atoms with Gasteiger partial charge in [-0.05, 0) is 12.8 Å². The highest BCUT2D eigenvalue weighted by Gasteiger charge is 2.13. The molecule has 1 aromatic rings. The second kappa shape index (κ2) is 16.4. The first-order valence-corrected chi connectivity index (χ1v) is 11.8. The molecule has 29 heavy (non-hydrogen) atoms. The van der Waals surface area contributed by atoms with Gasteiger partial charge < -0.3 is 9.29 Å². The van der Waals surface area contributed by atoms with Gasteiger partial charge in [-0.3, -0.25) is 4.18 Å². The van der Waals surface area contributed by atoms with Crippen molar-refractivity contribution in [3.63, 3.8) is 0 Å². The third kappa shape index (κ3) is 16.1. The smallest absolute Gasteiger partial charge is 0.348 e. The van der Waals surface area contributed by atoms with Gasteiger partial charge in [0.05, 0.1) is 20.3 Å². The summed E-state index contributed by atoms with van der Waals surface area (Å²) in [6.07, 6.45) is 13.3. The molecule has 0 saturated heterocycles. The standard InChI is InChI=1S/C12H21N2O2.C8H18O4S/c1-4-5-6-9-16-12(15)10-14-8-7-13(3)11(14)2;1-2-3-4-5-6-7-8-12-13(9,10)11/h7-8H,4-6,9-10H2,1-3H3;2-8H2,1H3,(H,9,10,11)/q+1;/p-1. The Balaban J connectivity index is 0.000000555. The van der Waals surface area contributed by atoms with E-state index >= 15 is 0 Å². The second-order valence-corrected chi connectivity index (χ2v) is 8.06. The van der Waals surface area contributed by atoms with E-state index < -0.39 is 10.4 Å². The van der Waals surface area contributed by atoms with Crippen LogP contribution in [0.15, 0.2) is 12.4 Å². The van der Waals surface area contributed by atoms with Crippen molar-refractivity contribution in [2.75, 3.05) is 13.2 Å². The van der Waals surface area contributed by atoms with Crippen molar-refractivity contribution in [2.24, 2.45) is 7.05 Å². The molecule has 0 spiro atoms. The fraction of sp³-hybridized carbons (Fsp3) is 0.800. The lowest BCUT2D eigenvalue weighted by Gasteiger charge is -2.06. The molecular weight excluding hydrogens is 396 g/mol. The van der Waals surface area contributed by atoms with Crippen molar-refractivity contribution in [1.82, 2.24) is 4.57 Å². The molecule has 8 nitrogen and oxygen atoms in total. The van der Waals surface area contributed by atoms with Gasteiger partial charge in [-0.25, -0.2) is 22.3 Å². The largest absolute Gasteiger partial charge is 0.726 e. The van der Waals surface area contributed by atoms with Crippen LogP contribution in [0.2, 0.25) is 0 Å². The van der Waals surface area contributed by atoms with Crippen LogP contribution in [0.1, 0.15) is 77.5 Å².